The molecule has 1 fully saturated rings. The monoisotopic (exact) mass is 732 g/mol. The van der Waals surface area contributed by atoms with Crippen LogP contribution >= 0.6 is 46.4 Å². The van der Waals surface area contributed by atoms with Gasteiger partial charge in [0.2, 0.25) is 0 Å². The summed E-state index contributed by atoms with van der Waals surface area (Å²) in [7, 11) is 0. The Hall–Kier alpha value is -4.16. The van der Waals surface area contributed by atoms with E-state index in [1.165, 1.54) is 72.8 Å². The number of aliphatic hydroxyl groups is 2. The first-order chi connectivity index (χ1) is 22.7. The Bertz CT molecular complexity index is 1840. The van der Waals surface area contributed by atoms with Crippen molar-refractivity contribution >= 4 is 70.3 Å². The standard InChI is InChI=1S/C34H24Cl4O10/c35-25-13(5-1-9-17(25)31(41)42)21-22(14-6-2-10-18(26(14)36)32(43)44)24(16-8-4-12-20(28(16)38)34(47)48)30(40)29(39)23(21)15-7-3-11-19(27(15)37)33(45)46/h1-12,21-24,29-30,39-40H,(H,41,42)(H,43,44)(H,45,46)(H,47,48)/t21-,22+,23-,24+,29-,30+. The zero-order valence-corrected chi connectivity index (χ0v) is 27.2. The molecule has 4 aromatic carbocycles. The second-order valence-corrected chi connectivity index (χ2v) is 12.7. The SMILES string of the molecule is O=C(O)c1cccc([C@@H]2[C@H](c3cccc(C(=O)O)c3Cl)[C@H](c3cccc(C(=O)O)c3Cl)[C@H](O)[C@H](O)[C@@H]2c2cccc(C(=O)O)c2Cl)c1Cl. The third-order valence-electron chi connectivity index (χ3n) is 8.72. The van der Waals surface area contributed by atoms with E-state index in [0.29, 0.717) is 0 Å². The van der Waals surface area contributed by atoms with Gasteiger partial charge in [0.1, 0.15) is 0 Å². The van der Waals surface area contributed by atoms with E-state index in [4.69, 9.17) is 46.4 Å². The van der Waals surface area contributed by atoms with Gasteiger partial charge in [-0.25, -0.2) is 19.2 Å². The molecule has 0 amide bonds. The van der Waals surface area contributed by atoms with Crippen molar-refractivity contribution in [3.8, 4) is 0 Å². The molecule has 248 valence electrons. The van der Waals surface area contributed by atoms with Crippen molar-refractivity contribution in [3.63, 3.8) is 0 Å². The Labute approximate surface area is 292 Å². The number of carbonyl (C=O) groups is 4. The predicted octanol–water partition coefficient (Wildman–Crippen LogP) is 7.26. The molecule has 0 spiro atoms. The Morgan fingerprint density at radius 3 is 0.812 bits per heavy atom. The van der Waals surface area contributed by atoms with Crippen LogP contribution in [0.5, 0.6) is 0 Å². The van der Waals surface area contributed by atoms with E-state index in [-0.39, 0.29) is 64.6 Å². The number of aliphatic hydroxyl groups excluding tert-OH is 2. The number of rotatable bonds is 8. The molecule has 5 rings (SSSR count). The lowest BCUT2D eigenvalue weighted by atomic mass is 9.56. The Balaban J connectivity index is 1.96. The van der Waals surface area contributed by atoms with Gasteiger partial charge in [-0.05, 0) is 46.5 Å². The Kier molecular flexibility index (Phi) is 10.1. The maximum Gasteiger partial charge on any atom is 0.337 e. The molecule has 0 heterocycles. The van der Waals surface area contributed by atoms with Gasteiger partial charge in [0.25, 0.3) is 0 Å². The summed E-state index contributed by atoms with van der Waals surface area (Å²) in [6.45, 7) is 0. The Morgan fingerprint density at radius 2 is 0.604 bits per heavy atom. The number of hydrogen-bond donors (Lipinski definition) is 6. The van der Waals surface area contributed by atoms with Crippen LogP contribution in [0.3, 0.4) is 0 Å². The first kappa shape index (κ1) is 35.2. The minimum Gasteiger partial charge on any atom is -0.478 e. The van der Waals surface area contributed by atoms with Crippen molar-refractivity contribution in [2.75, 3.05) is 0 Å². The first-order valence-corrected chi connectivity index (χ1v) is 15.6. The number of hydrogen-bond acceptors (Lipinski definition) is 6. The van der Waals surface area contributed by atoms with Crippen LogP contribution < -0.4 is 0 Å². The number of carboxylic acids is 4. The van der Waals surface area contributed by atoms with E-state index < -0.39 is 59.8 Å². The maximum absolute atomic E-state index is 12.2. The van der Waals surface area contributed by atoms with Crippen LogP contribution in [0.25, 0.3) is 0 Å². The average Bonchev–Trinajstić information content (AvgIpc) is 3.02. The van der Waals surface area contributed by atoms with Crippen LogP contribution in [0.4, 0.5) is 0 Å². The third kappa shape index (κ3) is 6.00. The minimum absolute atomic E-state index is 0.0456. The van der Waals surface area contributed by atoms with E-state index in [9.17, 15) is 49.8 Å². The van der Waals surface area contributed by atoms with Gasteiger partial charge in [0.15, 0.2) is 0 Å². The van der Waals surface area contributed by atoms with Crippen molar-refractivity contribution < 1.29 is 49.8 Å². The molecule has 0 unspecified atom stereocenters. The first-order valence-electron chi connectivity index (χ1n) is 14.1. The van der Waals surface area contributed by atoms with Gasteiger partial charge < -0.3 is 30.6 Å². The molecule has 14 heteroatoms. The van der Waals surface area contributed by atoms with Crippen LogP contribution in [0.15, 0.2) is 72.8 Å². The summed E-state index contributed by atoms with van der Waals surface area (Å²) in [5.41, 5.74) is -1.03. The van der Waals surface area contributed by atoms with Crippen LogP contribution in [-0.2, 0) is 0 Å². The fourth-order valence-corrected chi connectivity index (χ4v) is 8.05. The molecular formula is C34H24Cl4O10. The van der Waals surface area contributed by atoms with Gasteiger partial charge in [-0.3, -0.25) is 0 Å². The molecule has 0 bridgehead atoms. The van der Waals surface area contributed by atoms with E-state index in [2.05, 4.69) is 0 Å². The van der Waals surface area contributed by atoms with Crippen molar-refractivity contribution in [2.45, 2.75) is 35.9 Å². The summed E-state index contributed by atoms with van der Waals surface area (Å²) >= 11 is 26.9. The molecule has 6 atom stereocenters. The summed E-state index contributed by atoms with van der Waals surface area (Å²) in [5, 5.41) is 62.6. The highest BCUT2D eigenvalue weighted by molar-refractivity contribution is 6.36. The highest BCUT2D eigenvalue weighted by Gasteiger charge is 2.54. The third-order valence-corrected chi connectivity index (χ3v) is 10.4. The number of carboxylic acid groups (broad SMARTS) is 4. The number of halogens is 4. The lowest BCUT2D eigenvalue weighted by Gasteiger charge is -2.50. The van der Waals surface area contributed by atoms with Gasteiger partial charge in [-0.2, -0.15) is 0 Å². The minimum atomic E-state index is -1.80. The zero-order valence-electron chi connectivity index (χ0n) is 24.2. The molecule has 48 heavy (non-hydrogen) atoms. The molecule has 0 aromatic heterocycles. The quantitative estimate of drug-likeness (QED) is 0.107. The predicted molar refractivity (Wildman–Crippen MR) is 177 cm³/mol. The normalized spacial score (nSPS) is 22.2. The van der Waals surface area contributed by atoms with Crippen molar-refractivity contribution in [2.24, 2.45) is 0 Å². The summed E-state index contributed by atoms with van der Waals surface area (Å²) in [6.07, 6.45) is -3.60. The second kappa shape index (κ2) is 13.8. The fraction of sp³-hybridized carbons (Fsp3) is 0.176. The molecule has 1 aliphatic carbocycles. The molecule has 4 aromatic rings. The zero-order chi connectivity index (χ0) is 35.2. The molecular weight excluding hydrogens is 710 g/mol. The van der Waals surface area contributed by atoms with E-state index in [0.717, 1.165) is 0 Å². The molecule has 1 aliphatic rings. The lowest BCUT2D eigenvalue weighted by molar-refractivity contribution is -0.0516. The topological polar surface area (TPSA) is 190 Å². The van der Waals surface area contributed by atoms with Gasteiger partial charge in [0, 0.05) is 23.7 Å². The van der Waals surface area contributed by atoms with Gasteiger partial charge in [-0.15, -0.1) is 0 Å². The summed E-state index contributed by atoms with van der Waals surface area (Å²) in [5.74, 6) is -10.7. The van der Waals surface area contributed by atoms with E-state index in [1.54, 1.807) is 0 Å². The summed E-state index contributed by atoms with van der Waals surface area (Å²) in [6, 6.07) is 16.3. The smallest absolute Gasteiger partial charge is 0.337 e. The molecule has 0 aliphatic heterocycles. The second-order valence-electron chi connectivity index (χ2n) is 11.1. The highest BCUT2D eigenvalue weighted by atomic mass is 35.5. The molecule has 10 nitrogen and oxygen atoms in total. The highest BCUT2D eigenvalue weighted by Crippen LogP contribution is 2.61. The number of aromatic carboxylic acids is 4. The van der Waals surface area contributed by atoms with E-state index in [1.807, 2.05) is 0 Å². The summed E-state index contributed by atoms with van der Waals surface area (Å²) < 4.78 is 0. The van der Waals surface area contributed by atoms with E-state index >= 15 is 0 Å². The fourth-order valence-electron chi connectivity index (χ4n) is 6.71. The van der Waals surface area contributed by atoms with Crippen LogP contribution in [-0.4, -0.2) is 66.7 Å². The van der Waals surface area contributed by atoms with Crippen molar-refractivity contribution in [1.82, 2.24) is 0 Å². The maximum atomic E-state index is 12.2. The summed E-state index contributed by atoms with van der Waals surface area (Å²) in [4.78, 5) is 48.7. The van der Waals surface area contributed by atoms with Gasteiger partial charge >= 0.3 is 23.9 Å². The van der Waals surface area contributed by atoms with Crippen LogP contribution in [0.1, 0.15) is 87.4 Å². The molecule has 1 saturated carbocycles. The van der Waals surface area contributed by atoms with Crippen molar-refractivity contribution in [3.05, 3.63) is 137 Å². The number of benzene rings is 4. The van der Waals surface area contributed by atoms with Crippen LogP contribution in [0, 0.1) is 0 Å². The lowest BCUT2D eigenvalue weighted by Crippen LogP contribution is -2.49. The molecule has 6 N–H and O–H groups in total. The molecule has 0 radical (unpaired) electrons. The molecule has 0 saturated heterocycles. The van der Waals surface area contributed by atoms with Crippen LogP contribution in [0.2, 0.25) is 20.1 Å². The Morgan fingerprint density at radius 1 is 0.396 bits per heavy atom. The van der Waals surface area contributed by atoms with Gasteiger partial charge in [-0.1, -0.05) is 94.9 Å². The van der Waals surface area contributed by atoms with Crippen molar-refractivity contribution in [1.29, 1.82) is 0 Å². The van der Waals surface area contributed by atoms with Gasteiger partial charge in [0.05, 0.1) is 54.6 Å². The largest absolute Gasteiger partial charge is 0.478 e. The average molecular weight is 734 g/mol.